The van der Waals surface area contributed by atoms with Crippen LogP contribution < -0.4 is 15.8 Å². The predicted molar refractivity (Wildman–Crippen MR) is 82.2 cm³/mol. The average molecular weight is 306 g/mol. The zero-order valence-electron chi connectivity index (χ0n) is 12.0. The fourth-order valence-corrected chi connectivity index (χ4v) is 2.38. The van der Waals surface area contributed by atoms with E-state index in [2.05, 4.69) is 15.5 Å². The lowest BCUT2D eigenvalue weighted by atomic mass is 10.2. The summed E-state index contributed by atoms with van der Waals surface area (Å²) >= 11 is 1.27. The Labute approximate surface area is 127 Å². The van der Waals surface area contributed by atoms with Crippen molar-refractivity contribution in [1.82, 2.24) is 15.5 Å². The molecule has 0 bridgehead atoms. The smallest absolute Gasteiger partial charge is 0.223 e. The van der Waals surface area contributed by atoms with Gasteiger partial charge < -0.3 is 15.8 Å². The number of nitrogen functional groups attached to an aromatic ring is 1. The molecule has 0 unspecified atom stereocenters. The summed E-state index contributed by atoms with van der Waals surface area (Å²) in [6.07, 6.45) is 0.285. The van der Waals surface area contributed by atoms with Gasteiger partial charge in [0, 0.05) is 0 Å². The van der Waals surface area contributed by atoms with E-state index in [0.717, 1.165) is 11.3 Å². The van der Waals surface area contributed by atoms with Crippen LogP contribution in [0.3, 0.4) is 0 Å². The zero-order valence-corrected chi connectivity index (χ0v) is 12.8. The van der Waals surface area contributed by atoms with E-state index >= 15 is 0 Å². The number of carbonyl (C=O) groups is 1. The number of anilines is 1. The number of aromatic nitrogens is 2. The summed E-state index contributed by atoms with van der Waals surface area (Å²) in [5.74, 6) is 0.708. The van der Waals surface area contributed by atoms with Crippen molar-refractivity contribution < 1.29 is 9.53 Å². The second-order valence-corrected chi connectivity index (χ2v) is 5.67. The second-order valence-electron chi connectivity index (χ2n) is 4.63. The first-order valence-corrected chi connectivity index (χ1v) is 7.44. The fraction of sp³-hybridized carbons (Fsp3) is 0.357. The van der Waals surface area contributed by atoms with Crippen molar-refractivity contribution in [3.05, 3.63) is 34.8 Å². The molecule has 0 fully saturated rings. The molecule has 2 rings (SSSR count). The molecule has 7 heteroatoms. The van der Waals surface area contributed by atoms with Gasteiger partial charge in [-0.25, -0.2) is 0 Å². The number of ether oxygens (including phenoxy) is 1. The van der Waals surface area contributed by atoms with E-state index in [9.17, 15) is 4.79 Å². The van der Waals surface area contributed by atoms with E-state index in [4.69, 9.17) is 10.5 Å². The summed E-state index contributed by atoms with van der Waals surface area (Å²) in [7, 11) is 0. The molecule has 0 aliphatic carbocycles. The summed E-state index contributed by atoms with van der Waals surface area (Å²) in [4.78, 5) is 11.8. The average Bonchev–Trinajstić information content (AvgIpc) is 2.88. The van der Waals surface area contributed by atoms with Gasteiger partial charge >= 0.3 is 0 Å². The number of rotatable bonds is 6. The molecule has 0 saturated carbocycles. The minimum Gasteiger partial charge on any atom is -0.493 e. The Balaban J connectivity index is 1.76. The highest BCUT2D eigenvalue weighted by atomic mass is 32.1. The van der Waals surface area contributed by atoms with Gasteiger partial charge in [0.15, 0.2) is 0 Å². The van der Waals surface area contributed by atoms with Gasteiger partial charge in [0.1, 0.15) is 10.8 Å². The van der Waals surface area contributed by atoms with Gasteiger partial charge in [-0.1, -0.05) is 29.5 Å². The third-order valence-corrected chi connectivity index (χ3v) is 3.82. The molecular weight excluding hydrogens is 288 g/mol. The van der Waals surface area contributed by atoms with Crippen molar-refractivity contribution in [2.45, 2.75) is 26.3 Å². The SMILES string of the molecule is Cc1ccccc1OCCC(=O)N[C@@H](C)c1nnc(N)s1. The van der Waals surface area contributed by atoms with Crippen molar-refractivity contribution in [3.8, 4) is 5.75 Å². The lowest BCUT2D eigenvalue weighted by molar-refractivity contribution is -0.122. The van der Waals surface area contributed by atoms with Crippen molar-refractivity contribution in [3.63, 3.8) is 0 Å². The fourth-order valence-electron chi connectivity index (χ4n) is 1.77. The topological polar surface area (TPSA) is 90.1 Å². The van der Waals surface area contributed by atoms with Crippen LogP contribution in [0, 0.1) is 6.92 Å². The molecule has 6 nitrogen and oxygen atoms in total. The first-order chi connectivity index (χ1) is 10.1. The van der Waals surface area contributed by atoms with Crippen LogP contribution >= 0.6 is 11.3 Å². The Bertz CT molecular complexity index is 615. The van der Waals surface area contributed by atoms with E-state index in [1.807, 2.05) is 38.1 Å². The molecule has 3 N–H and O–H groups in total. The number of hydrogen-bond donors (Lipinski definition) is 2. The number of nitrogens with two attached hydrogens (primary N) is 1. The van der Waals surface area contributed by atoms with Gasteiger partial charge in [-0.15, -0.1) is 10.2 Å². The van der Waals surface area contributed by atoms with Crippen LogP contribution in [-0.4, -0.2) is 22.7 Å². The zero-order chi connectivity index (χ0) is 15.2. The third-order valence-electron chi connectivity index (χ3n) is 2.88. The number of carbonyl (C=O) groups excluding carboxylic acids is 1. The maximum atomic E-state index is 11.8. The molecule has 0 aliphatic rings. The lowest BCUT2D eigenvalue weighted by Crippen LogP contribution is -2.27. The van der Waals surface area contributed by atoms with Crippen LogP contribution in [0.25, 0.3) is 0 Å². The quantitative estimate of drug-likeness (QED) is 0.852. The molecule has 0 aliphatic heterocycles. The maximum Gasteiger partial charge on any atom is 0.223 e. The van der Waals surface area contributed by atoms with Gasteiger partial charge in [-0.3, -0.25) is 4.79 Å². The van der Waals surface area contributed by atoms with E-state index in [1.54, 1.807) is 0 Å². The molecule has 21 heavy (non-hydrogen) atoms. The summed E-state index contributed by atoms with van der Waals surface area (Å²) in [6, 6.07) is 7.51. The molecule has 1 amide bonds. The monoisotopic (exact) mass is 306 g/mol. The Kier molecular flexibility index (Phi) is 5.10. The van der Waals surface area contributed by atoms with Crippen molar-refractivity contribution in [2.24, 2.45) is 0 Å². The van der Waals surface area contributed by atoms with E-state index in [-0.39, 0.29) is 18.4 Å². The Morgan fingerprint density at radius 3 is 2.86 bits per heavy atom. The molecule has 1 aromatic carbocycles. The normalized spacial score (nSPS) is 11.9. The molecule has 1 atom stereocenters. The highest BCUT2D eigenvalue weighted by Crippen LogP contribution is 2.19. The first kappa shape index (κ1) is 15.2. The predicted octanol–water partition coefficient (Wildman–Crippen LogP) is 2.08. The van der Waals surface area contributed by atoms with Crippen molar-refractivity contribution in [2.75, 3.05) is 12.3 Å². The number of hydrogen-bond acceptors (Lipinski definition) is 6. The van der Waals surface area contributed by atoms with Crippen LogP contribution in [0.15, 0.2) is 24.3 Å². The van der Waals surface area contributed by atoms with Gasteiger partial charge in [0.05, 0.1) is 19.1 Å². The van der Waals surface area contributed by atoms with Gasteiger partial charge in [-0.2, -0.15) is 0 Å². The van der Waals surface area contributed by atoms with Crippen LogP contribution in [0.2, 0.25) is 0 Å². The van der Waals surface area contributed by atoms with E-state index in [0.29, 0.717) is 16.7 Å². The number of amides is 1. The largest absolute Gasteiger partial charge is 0.493 e. The van der Waals surface area contributed by atoms with Gasteiger partial charge in [-0.05, 0) is 25.5 Å². The lowest BCUT2D eigenvalue weighted by Gasteiger charge is -2.12. The summed E-state index contributed by atoms with van der Waals surface area (Å²) in [5, 5.41) is 11.6. The second kappa shape index (κ2) is 7.03. The highest BCUT2D eigenvalue weighted by molar-refractivity contribution is 7.15. The third kappa shape index (κ3) is 4.42. The number of nitrogens with zero attached hydrogens (tertiary/aromatic N) is 2. The van der Waals surface area contributed by atoms with Crippen LogP contribution in [0.5, 0.6) is 5.75 Å². The Morgan fingerprint density at radius 2 is 2.19 bits per heavy atom. The molecule has 0 saturated heterocycles. The molecule has 0 radical (unpaired) electrons. The van der Waals surface area contributed by atoms with Gasteiger partial charge in [0.25, 0.3) is 0 Å². The van der Waals surface area contributed by atoms with E-state index < -0.39 is 0 Å². The molecule has 1 heterocycles. The number of para-hydroxylation sites is 1. The van der Waals surface area contributed by atoms with E-state index in [1.165, 1.54) is 11.3 Å². The number of aryl methyl sites for hydroxylation is 1. The summed E-state index contributed by atoms with van der Waals surface area (Å²) in [5.41, 5.74) is 6.57. The van der Waals surface area contributed by atoms with Crippen molar-refractivity contribution in [1.29, 1.82) is 0 Å². The minimum atomic E-state index is -0.203. The van der Waals surface area contributed by atoms with Crippen molar-refractivity contribution >= 4 is 22.4 Å². The molecule has 0 spiro atoms. The number of benzene rings is 1. The van der Waals surface area contributed by atoms with Crippen LogP contribution in [0.4, 0.5) is 5.13 Å². The van der Waals surface area contributed by atoms with Crippen LogP contribution in [-0.2, 0) is 4.79 Å². The molecule has 1 aromatic heterocycles. The highest BCUT2D eigenvalue weighted by Gasteiger charge is 2.13. The summed E-state index contributed by atoms with van der Waals surface area (Å²) < 4.78 is 5.59. The molecular formula is C14H18N4O2S. The molecule has 112 valence electrons. The molecule has 2 aromatic rings. The van der Waals surface area contributed by atoms with Crippen LogP contribution in [0.1, 0.15) is 30.0 Å². The number of nitrogens with one attached hydrogen (secondary N) is 1. The standard InChI is InChI=1S/C14H18N4O2S/c1-9-5-3-4-6-11(9)20-8-7-12(19)16-10(2)13-17-18-14(15)21-13/h3-6,10H,7-8H2,1-2H3,(H2,15,18)(H,16,19)/t10-/m0/s1. The van der Waals surface area contributed by atoms with Gasteiger partial charge in [0.2, 0.25) is 11.0 Å². The Hall–Kier alpha value is -2.15. The Morgan fingerprint density at radius 1 is 1.43 bits per heavy atom. The minimum absolute atomic E-state index is 0.0927. The first-order valence-electron chi connectivity index (χ1n) is 6.63. The maximum absolute atomic E-state index is 11.8. The summed E-state index contributed by atoms with van der Waals surface area (Å²) in [6.45, 7) is 4.15.